The van der Waals surface area contributed by atoms with Crippen LogP contribution in [0.4, 0.5) is 0 Å². The van der Waals surface area contributed by atoms with Crippen molar-refractivity contribution in [3.63, 3.8) is 0 Å². The summed E-state index contributed by atoms with van der Waals surface area (Å²) in [6.07, 6.45) is -1.39. The third kappa shape index (κ3) is 10.4. The molecule has 31 heavy (non-hydrogen) atoms. The van der Waals surface area contributed by atoms with Crippen LogP contribution in [0.25, 0.3) is 0 Å². The van der Waals surface area contributed by atoms with Gasteiger partial charge in [0.2, 0.25) is 23.6 Å². The fraction of sp³-hybridized carbons (Fsp3) is 0.706. The standard InChI is InChI=1S/C17H31N5O8S/c1-7(23)12(16(28)22-13(8(2)24)17(29)30)21-15(27)10(4-5-31-3)20-14(26)9(18)6-11(19)25/h7-10,12-13,23-24H,4-6,18H2,1-3H3,(H2,19,25)(H,20,26)(H,21,27)(H,22,28)(H,29,30)/t7-,8-,9+,10+,12+,13+/m1/s1. The van der Waals surface area contributed by atoms with Gasteiger partial charge in [0.25, 0.3) is 0 Å². The minimum atomic E-state index is -1.66. The molecule has 14 heteroatoms. The summed E-state index contributed by atoms with van der Waals surface area (Å²) in [5, 5.41) is 35.1. The summed E-state index contributed by atoms with van der Waals surface area (Å²) in [6.45, 7) is 2.35. The van der Waals surface area contributed by atoms with Crippen molar-refractivity contribution in [2.24, 2.45) is 11.5 Å². The molecule has 0 bridgehead atoms. The number of carbonyl (C=O) groups excluding carboxylic acids is 4. The van der Waals surface area contributed by atoms with Gasteiger partial charge in [0.15, 0.2) is 6.04 Å². The molecule has 0 aliphatic heterocycles. The van der Waals surface area contributed by atoms with E-state index in [1.807, 2.05) is 5.32 Å². The Hall–Kier alpha value is -2.42. The third-order valence-corrected chi connectivity index (χ3v) is 4.75. The minimum absolute atomic E-state index is 0.140. The molecule has 0 rings (SSSR count). The van der Waals surface area contributed by atoms with Crippen molar-refractivity contribution in [1.29, 1.82) is 0 Å². The summed E-state index contributed by atoms with van der Waals surface area (Å²) in [5.74, 6) is -4.55. The summed E-state index contributed by atoms with van der Waals surface area (Å²) in [5.41, 5.74) is 10.6. The quantitative estimate of drug-likeness (QED) is 0.125. The van der Waals surface area contributed by atoms with Crippen molar-refractivity contribution in [3.05, 3.63) is 0 Å². The Morgan fingerprint density at radius 3 is 1.84 bits per heavy atom. The number of aliphatic carboxylic acids is 1. The Morgan fingerprint density at radius 2 is 1.42 bits per heavy atom. The fourth-order valence-corrected chi connectivity index (χ4v) is 2.85. The number of aliphatic hydroxyl groups excluding tert-OH is 2. The lowest BCUT2D eigenvalue weighted by molar-refractivity contribution is -0.146. The number of aliphatic hydroxyl groups is 2. The van der Waals surface area contributed by atoms with E-state index in [2.05, 4.69) is 10.6 Å². The summed E-state index contributed by atoms with van der Waals surface area (Å²) in [6, 6.07) is -5.66. The number of rotatable bonds is 14. The molecule has 0 aromatic carbocycles. The van der Waals surface area contributed by atoms with Crippen molar-refractivity contribution >= 4 is 41.4 Å². The molecule has 0 aliphatic rings. The highest BCUT2D eigenvalue weighted by Crippen LogP contribution is 2.05. The molecule has 0 saturated heterocycles. The van der Waals surface area contributed by atoms with Crippen molar-refractivity contribution in [2.45, 2.75) is 63.1 Å². The predicted molar refractivity (Wildman–Crippen MR) is 112 cm³/mol. The van der Waals surface area contributed by atoms with E-state index < -0.39 is 72.4 Å². The van der Waals surface area contributed by atoms with E-state index in [-0.39, 0.29) is 6.42 Å². The molecule has 178 valence electrons. The molecule has 0 aromatic heterocycles. The maximum atomic E-state index is 12.7. The fourth-order valence-electron chi connectivity index (χ4n) is 2.38. The molecule has 6 atom stereocenters. The van der Waals surface area contributed by atoms with Gasteiger partial charge in [0, 0.05) is 0 Å². The van der Waals surface area contributed by atoms with Crippen LogP contribution < -0.4 is 27.4 Å². The van der Waals surface area contributed by atoms with Crippen molar-refractivity contribution < 1.29 is 39.3 Å². The van der Waals surface area contributed by atoms with E-state index >= 15 is 0 Å². The van der Waals surface area contributed by atoms with Crippen LogP contribution in [0.1, 0.15) is 26.7 Å². The molecule has 0 radical (unpaired) electrons. The van der Waals surface area contributed by atoms with Gasteiger partial charge in [-0.25, -0.2) is 4.79 Å². The molecule has 0 fully saturated rings. The largest absolute Gasteiger partial charge is 0.480 e. The Bertz CT molecular complexity index is 660. The summed E-state index contributed by atoms with van der Waals surface area (Å²) in [4.78, 5) is 59.3. The SMILES string of the molecule is CSCC[C@H](NC(=O)[C@@H](N)CC(N)=O)C(=O)N[C@H](C(=O)N[C@H](C(=O)O)[C@@H](C)O)[C@@H](C)O. The zero-order valence-electron chi connectivity index (χ0n) is 17.5. The van der Waals surface area contributed by atoms with Crippen molar-refractivity contribution in [3.8, 4) is 0 Å². The number of carboxylic acids is 1. The molecule has 0 aromatic rings. The lowest BCUT2D eigenvalue weighted by Gasteiger charge is -2.27. The van der Waals surface area contributed by atoms with Crippen LogP contribution in [0, 0.1) is 0 Å². The van der Waals surface area contributed by atoms with Gasteiger partial charge < -0.3 is 42.7 Å². The summed E-state index contributed by atoms with van der Waals surface area (Å²) < 4.78 is 0. The topological polar surface area (TPSA) is 234 Å². The summed E-state index contributed by atoms with van der Waals surface area (Å²) in [7, 11) is 0. The normalized spacial score (nSPS) is 16.7. The van der Waals surface area contributed by atoms with Gasteiger partial charge >= 0.3 is 5.97 Å². The Balaban J connectivity index is 5.38. The van der Waals surface area contributed by atoms with Crippen LogP contribution in [-0.4, -0.2) is 93.3 Å². The Labute approximate surface area is 183 Å². The highest BCUT2D eigenvalue weighted by atomic mass is 32.2. The first kappa shape index (κ1) is 28.6. The van der Waals surface area contributed by atoms with Crippen molar-refractivity contribution in [1.82, 2.24) is 16.0 Å². The summed E-state index contributed by atoms with van der Waals surface area (Å²) >= 11 is 1.38. The number of carboxylic acid groups (broad SMARTS) is 1. The van der Waals surface area contributed by atoms with Crippen LogP contribution in [-0.2, 0) is 24.0 Å². The molecule has 0 saturated carbocycles. The van der Waals surface area contributed by atoms with E-state index in [0.29, 0.717) is 5.75 Å². The zero-order chi connectivity index (χ0) is 24.3. The first-order valence-corrected chi connectivity index (χ1v) is 10.7. The second kappa shape index (κ2) is 13.8. The van der Waals surface area contributed by atoms with E-state index in [1.54, 1.807) is 6.26 Å². The van der Waals surface area contributed by atoms with Gasteiger partial charge in [-0.05, 0) is 32.3 Å². The monoisotopic (exact) mass is 465 g/mol. The lowest BCUT2D eigenvalue weighted by atomic mass is 10.1. The van der Waals surface area contributed by atoms with Gasteiger partial charge in [-0.1, -0.05) is 0 Å². The van der Waals surface area contributed by atoms with Gasteiger partial charge in [-0.2, -0.15) is 11.8 Å². The molecule has 0 spiro atoms. The molecule has 0 aliphatic carbocycles. The second-order valence-corrected chi connectivity index (χ2v) is 7.90. The van der Waals surface area contributed by atoms with Gasteiger partial charge in [0.1, 0.15) is 12.1 Å². The van der Waals surface area contributed by atoms with E-state index in [1.165, 1.54) is 18.7 Å². The van der Waals surface area contributed by atoms with Crippen LogP contribution >= 0.6 is 11.8 Å². The van der Waals surface area contributed by atoms with Crippen LogP contribution in [0.3, 0.4) is 0 Å². The molecular formula is C17H31N5O8S. The molecule has 10 N–H and O–H groups in total. The predicted octanol–water partition coefficient (Wildman–Crippen LogP) is -3.76. The average Bonchev–Trinajstić information content (AvgIpc) is 2.65. The molecule has 0 unspecified atom stereocenters. The number of hydrogen-bond acceptors (Lipinski definition) is 9. The number of nitrogens with one attached hydrogen (secondary N) is 3. The lowest BCUT2D eigenvalue weighted by Crippen LogP contribution is -2.61. The highest BCUT2D eigenvalue weighted by Gasteiger charge is 2.34. The average molecular weight is 466 g/mol. The number of nitrogens with two attached hydrogens (primary N) is 2. The highest BCUT2D eigenvalue weighted by molar-refractivity contribution is 7.98. The Kier molecular flexibility index (Phi) is 12.7. The van der Waals surface area contributed by atoms with Crippen molar-refractivity contribution in [2.75, 3.05) is 12.0 Å². The van der Waals surface area contributed by atoms with E-state index in [0.717, 1.165) is 6.92 Å². The van der Waals surface area contributed by atoms with Gasteiger partial charge in [-0.15, -0.1) is 0 Å². The molecule has 13 nitrogen and oxygen atoms in total. The van der Waals surface area contributed by atoms with E-state index in [9.17, 15) is 34.2 Å². The number of carbonyl (C=O) groups is 5. The van der Waals surface area contributed by atoms with Crippen LogP contribution in [0.2, 0.25) is 0 Å². The number of primary amides is 1. The smallest absolute Gasteiger partial charge is 0.328 e. The number of thioether (sulfide) groups is 1. The first-order chi connectivity index (χ1) is 14.3. The number of hydrogen-bond donors (Lipinski definition) is 8. The molecular weight excluding hydrogens is 434 g/mol. The van der Waals surface area contributed by atoms with Crippen LogP contribution in [0.15, 0.2) is 0 Å². The number of amides is 4. The second-order valence-electron chi connectivity index (χ2n) is 6.91. The maximum Gasteiger partial charge on any atom is 0.328 e. The third-order valence-electron chi connectivity index (χ3n) is 4.11. The zero-order valence-corrected chi connectivity index (χ0v) is 18.3. The Morgan fingerprint density at radius 1 is 0.903 bits per heavy atom. The minimum Gasteiger partial charge on any atom is -0.480 e. The van der Waals surface area contributed by atoms with E-state index in [4.69, 9.17) is 16.6 Å². The maximum absolute atomic E-state index is 12.7. The van der Waals surface area contributed by atoms with Crippen LogP contribution in [0.5, 0.6) is 0 Å². The first-order valence-electron chi connectivity index (χ1n) is 9.34. The van der Waals surface area contributed by atoms with Gasteiger partial charge in [-0.3, -0.25) is 19.2 Å². The van der Waals surface area contributed by atoms with Gasteiger partial charge in [0.05, 0.1) is 24.7 Å². The molecule has 0 heterocycles. The molecule has 4 amide bonds.